The fraction of sp³-hybridized carbons (Fsp3) is 0.481. The van der Waals surface area contributed by atoms with Gasteiger partial charge in [-0.1, -0.05) is 36.4 Å². The quantitative estimate of drug-likeness (QED) is 0.420. The third-order valence-corrected chi connectivity index (χ3v) is 5.53. The zero-order valence-electron chi connectivity index (χ0n) is 20.6. The summed E-state index contributed by atoms with van der Waals surface area (Å²) < 4.78 is 0. The molecule has 0 saturated carbocycles. The molecule has 1 saturated heterocycles. The number of nitrogens with zero attached hydrogens (tertiary/aromatic N) is 2. The molecule has 6 nitrogen and oxygen atoms in total. The van der Waals surface area contributed by atoms with E-state index in [1.54, 1.807) is 0 Å². The highest BCUT2D eigenvalue weighted by Crippen LogP contribution is 2.13. The number of carbonyl (C=O) groups is 1. The van der Waals surface area contributed by atoms with Crippen molar-refractivity contribution in [2.75, 3.05) is 19.6 Å². The van der Waals surface area contributed by atoms with Crippen LogP contribution in [0.25, 0.3) is 0 Å². The maximum atomic E-state index is 12.5. The van der Waals surface area contributed by atoms with Crippen LogP contribution in [0, 0.1) is 0 Å². The van der Waals surface area contributed by atoms with Gasteiger partial charge in [-0.3, -0.25) is 9.69 Å². The molecular formula is C27H39N5O. The lowest BCUT2D eigenvalue weighted by Crippen LogP contribution is -2.40. The number of aliphatic imine (C=N–C) groups is 1. The van der Waals surface area contributed by atoms with E-state index in [-0.39, 0.29) is 11.4 Å². The van der Waals surface area contributed by atoms with Crippen LogP contribution in [-0.2, 0) is 19.6 Å². The van der Waals surface area contributed by atoms with E-state index in [0.717, 1.165) is 24.6 Å². The number of carbonyl (C=O) groups excluding carboxylic acids is 1. The summed E-state index contributed by atoms with van der Waals surface area (Å²) in [5, 5.41) is 9.73. The average molecular weight is 450 g/mol. The van der Waals surface area contributed by atoms with Crippen LogP contribution >= 0.6 is 0 Å². The molecule has 0 bridgehead atoms. The molecule has 1 heterocycles. The van der Waals surface area contributed by atoms with Crippen LogP contribution in [0.5, 0.6) is 0 Å². The Bertz CT molecular complexity index is 924. The number of guanidine groups is 1. The maximum Gasteiger partial charge on any atom is 0.251 e. The zero-order valence-corrected chi connectivity index (χ0v) is 20.6. The molecule has 0 aromatic heterocycles. The first-order chi connectivity index (χ1) is 15.8. The second-order valence-electron chi connectivity index (χ2n) is 9.75. The highest BCUT2D eigenvalue weighted by atomic mass is 16.1. The van der Waals surface area contributed by atoms with Gasteiger partial charge in [0.25, 0.3) is 5.91 Å². The third kappa shape index (κ3) is 8.54. The van der Waals surface area contributed by atoms with E-state index in [1.165, 1.54) is 37.1 Å². The zero-order chi connectivity index (χ0) is 23.7. The monoisotopic (exact) mass is 449 g/mol. The Kier molecular flexibility index (Phi) is 8.89. The van der Waals surface area contributed by atoms with Crippen LogP contribution in [-0.4, -0.2) is 41.9 Å². The summed E-state index contributed by atoms with van der Waals surface area (Å²) in [5.74, 6) is 0.703. The largest absolute Gasteiger partial charge is 0.357 e. The van der Waals surface area contributed by atoms with Gasteiger partial charge in [-0.25, -0.2) is 4.99 Å². The third-order valence-electron chi connectivity index (χ3n) is 5.53. The molecule has 0 aliphatic carbocycles. The Balaban J connectivity index is 1.56. The lowest BCUT2D eigenvalue weighted by atomic mass is 10.1. The molecule has 3 N–H and O–H groups in total. The number of nitrogens with one attached hydrogen (secondary N) is 3. The number of hydrogen-bond acceptors (Lipinski definition) is 3. The standard InChI is InChI=1S/C27H39N5O/c1-5-28-26(29-18-21-11-13-22(14-12-21)20-32-15-6-7-16-32)30-19-23-9-8-10-24(17-23)25(33)31-27(2,3)4/h8-14,17H,5-7,15-16,18-20H2,1-4H3,(H,31,33)(H2,28,29,30). The first-order valence-electron chi connectivity index (χ1n) is 12.1. The number of amides is 1. The van der Waals surface area contributed by atoms with Crippen molar-refractivity contribution in [2.24, 2.45) is 4.99 Å². The van der Waals surface area contributed by atoms with Crippen LogP contribution in [0.15, 0.2) is 53.5 Å². The number of likely N-dealkylation sites (tertiary alicyclic amines) is 1. The first-order valence-corrected chi connectivity index (χ1v) is 12.1. The van der Waals surface area contributed by atoms with Gasteiger partial charge in [0.1, 0.15) is 0 Å². The van der Waals surface area contributed by atoms with Crippen molar-refractivity contribution in [3.05, 3.63) is 70.8 Å². The Morgan fingerprint density at radius 3 is 2.33 bits per heavy atom. The highest BCUT2D eigenvalue weighted by Gasteiger charge is 2.15. The van der Waals surface area contributed by atoms with Crippen molar-refractivity contribution in [1.82, 2.24) is 20.9 Å². The minimum absolute atomic E-state index is 0.0634. The predicted octanol–water partition coefficient (Wildman–Crippen LogP) is 4.07. The van der Waals surface area contributed by atoms with Crippen molar-refractivity contribution < 1.29 is 4.79 Å². The predicted molar refractivity (Wildman–Crippen MR) is 136 cm³/mol. The maximum absolute atomic E-state index is 12.5. The summed E-state index contributed by atoms with van der Waals surface area (Å²) in [5.41, 5.74) is 3.99. The Morgan fingerprint density at radius 2 is 1.67 bits per heavy atom. The minimum atomic E-state index is -0.264. The highest BCUT2D eigenvalue weighted by molar-refractivity contribution is 5.94. The molecule has 1 fully saturated rings. The normalized spacial score (nSPS) is 14.8. The van der Waals surface area contributed by atoms with Crippen molar-refractivity contribution >= 4 is 11.9 Å². The van der Waals surface area contributed by atoms with E-state index >= 15 is 0 Å². The lowest BCUT2D eigenvalue weighted by molar-refractivity contribution is 0.0919. The molecule has 178 valence electrons. The average Bonchev–Trinajstić information content (AvgIpc) is 3.29. The van der Waals surface area contributed by atoms with E-state index in [0.29, 0.717) is 18.7 Å². The molecule has 0 unspecified atom stereocenters. The number of benzene rings is 2. The molecule has 0 spiro atoms. The molecule has 0 radical (unpaired) electrons. The SMILES string of the molecule is CCNC(=NCc1cccc(C(=O)NC(C)(C)C)c1)NCc1ccc(CN2CCCC2)cc1. The van der Waals surface area contributed by atoms with E-state index in [1.807, 2.05) is 45.0 Å². The van der Waals surface area contributed by atoms with Crippen molar-refractivity contribution in [3.63, 3.8) is 0 Å². The topological polar surface area (TPSA) is 68.8 Å². The minimum Gasteiger partial charge on any atom is -0.357 e. The van der Waals surface area contributed by atoms with Gasteiger partial charge in [-0.2, -0.15) is 0 Å². The molecule has 1 aliphatic rings. The van der Waals surface area contributed by atoms with E-state index < -0.39 is 0 Å². The van der Waals surface area contributed by atoms with Gasteiger partial charge in [0.2, 0.25) is 0 Å². The van der Waals surface area contributed by atoms with Crippen LogP contribution in [0.1, 0.15) is 67.6 Å². The molecule has 6 heteroatoms. The van der Waals surface area contributed by atoms with Crippen molar-refractivity contribution in [2.45, 2.75) is 65.7 Å². The molecular weight excluding hydrogens is 410 g/mol. The smallest absolute Gasteiger partial charge is 0.251 e. The van der Waals surface area contributed by atoms with Crippen LogP contribution in [0.3, 0.4) is 0 Å². The Labute approximate surface area is 198 Å². The van der Waals surface area contributed by atoms with Gasteiger partial charge in [0.05, 0.1) is 6.54 Å². The van der Waals surface area contributed by atoms with Gasteiger partial charge in [0, 0.05) is 30.7 Å². The summed E-state index contributed by atoms with van der Waals surface area (Å²) in [6.45, 7) is 13.5. The van der Waals surface area contributed by atoms with E-state index in [9.17, 15) is 4.79 Å². The fourth-order valence-electron chi connectivity index (χ4n) is 3.88. The first kappa shape index (κ1) is 24.8. The summed E-state index contributed by atoms with van der Waals surface area (Å²) in [7, 11) is 0. The Morgan fingerprint density at radius 1 is 0.970 bits per heavy atom. The van der Waals surface area contributed by atoms with Gasteiger partial charge in [-0.05, 0) is 82.4 Å². The lowest BCUT2D eigenvalue weighted by Gasteiger charge is -2.20. The summed E-state index contributed by atoms with van der Waals surface area (Å²) in [6.07, 6.45) is 2.64. The second-order valence-corrected chi connectivity index (χ2v) is 9.75. The molecule has 1 amide bonds. The van der Waals surface area contributed by atoms with Crippen LogP contribution < -0.4 is 16.0 Å². The molecule has 3 rings (SSSR count). The van der Waals surface area contributed by atoms with Crippen molar-refractivity contribution in [1.29, 1.82) is 0 Å². The molecule has 2 aromatic rings. The van der Waals surface area contributed by atoms with Gasteiger partial charge >= 0.3 is 0 Å². The summed E-state index contributed by atoms with van der Waals surface area (Å²) >= 11 is 0. The second kappa shape index (κ2) is 11.8. The number of hydrogen-bond donors (Lipinski definition) is 3. The number of rotatable bonds is 8. The van der Waals surface area contributed by atoms with Gasteiger partial charge in [-0.15, -0.1) is 0 Å². The van der Waals surface area contributed by atoms with Crippen molar-refractivity contribution in [3.8, 4) is 0 Å². The van der Waals surface area contributed by atoms with Gasteiger partial charge < -0.3 is 16.0 Å². The summed E-state index contributed by atoms with van der Waals surface area (Å²) in [4.78, 5) is 19.7. The van der Waals surface area contributed by atoms with Crippen LogP contribution in [0.4, 0.5) is 0 Å². The van der Waals surface area contributed by atoms with Crippen LogP contribution in [0.2, 0.25) is 0 Å². The summed E-state index contributed by atoms with van der Waals surface area (Å²) in [6, 6.07) is 16.5. The molecule has 33 heavy (non-hydrogen) atoms. The fourth-order valence-corrected chi connectivity index (χ4v) is 3.88. The van der Waals surface area contributed by atoms with E-state index in [2.05, 4.69) is 52.0 Å². The van der Waals surface area contributed by atoms with Gasteiger partial charge in [0.15, 0.2) is 5.96 Å². The Hall–Kier alpha value is -2.86. The molecule has 2 aromatic carbocycles. The molecule has 1 aliphatic heterocycles. The van der Waals surface area contributed by atoms with E-state index in [4.69, 9.17) is 4.99 Å². The molecule has 0 atom stereocenters.